The molecule has 0 amide bonds. The zero-order valence-corrected chi connectivity index (χ0v) is 8.02. The van der Waals surface area contributed by atoms with Crippen LogP contribution in [-0.4, -0.2) is 17.0 Å². The Hall–Kier alpha value is -0.370. The van der Waals surface area contributed by atoms with Gasteiger partial charge in [-0.2, -0.15) is 0 Å². The Labute approximate surface area is 73.3 Å². The van der Waals surface area contributed by atoms with Crippen LogP contribution in [0.2, 0.25) is 0 Å². The zero-order valence-electron chi connectivity index (χ0n) is 8.02. The maximum atomic E-state index is 11.5. The van der Waals surface area contributed by atoms with Crippen LogP contribution >= 0.6 is 0 Å². The molecule has 2 heterocycles. The molecule has 68 valence electrons. The van der Waals surface area contributed by atoms with Crippen molar-refractivity contribution in [1.82, 2.24) is 0 Å². The van der Waals surface area contributed by atoms with E-state index in [-0.39, 0.29) is 5.60 Å². The smallest absolute Gasteiger partial charge is 0.164 e. The molecular formula is C10H16O2. The van der Waals surface area contributed by atoms with E-state index in [2.05, 4.69) is 13.8 Å². The second-order valence-corrected chi connectivity index (χ2v) is 4.80. The average Bonchev–Trinajstić information content (AvgIpc) is 1.91. The predicted octanol–water partition coefficient (Wildman–Crippen LogP) is 1.92. The van der Waals surface area contributed by atoms with Crippen molar-refractivity contribution in [2.75, 3.05) is 0 Å². The highest BCUT2D eigenvalue weighted by molar-refractivity contribution is 5.88. The second-order valence-electron chi connectivity index (χ2n) is 4.80. The number of hydrogen-bond donors (Lipinski definition) is 0. The first-order valence-corrected chi connectivity index (χ1v) is 4.67. The average molecular weight is 168 g/mol. The molecular weight excluding hydrogens is 152 g/mol. The molecule has 0 aromatic carbocycles. The van der Waals surface area contributed by atoms with Gasteiger partial charge in [0.15, 0.2) is 5.78 Å². The monoisotopic (exact) mass is 168 g/mol. The van der Waals surface area contributed by atoms with Gasteiger partial charge in [-0.25, -0.2) is 0 Å². The Morgan fingerprint density at radius 1 is 1.42 bits per heavy atom. The van der Waals surface area contributed by atoms with Gasteiger partial charge in [-0.1, -0.05) is 0 Å². The Balaban J connectivity index is 2.32. The molecule has 2 aliphatic heterocycles. The summed E-state index contributed by atoms with van der Waals surface area (Å²) in [5.41, 5.74) is -0.542. The molecule has 12 heavy (non-hydrogen) atoms. The molecule has 2 heteroatoms. The maximum Gasteiger partial charge on any atom is 0.164 e. The minimum Gasteiger partial charge on any atom is -0.361 e. The first kappa shape index (κ1) is 8.24. The largest absolute Gasteiger partial charge is 0.361 e. The third-order valence-corrected chi connectivity index (χ3v) is 3.46. The van der Waals surface area contributed by atoms with Gasteiger partial charge in [0.25, 0.3) is 0 Å². The van der Waals surface area contributed by atoms with Crippen molar-refractivity contribution in [3.8, 4) is 0 Å². The number of ether oxygens (including phenoxy) is 1. The number of rotatable bonds is 0. The highest BCUT2D eigenvalue weighted by Gasteiger charge is 2.53. The number of carbonyl (C=O) groups is 1. The van der Waals surface area contributed by atoms with Crippen LogP contribution in [0.3, 0.4) is 0 Å². The molecule has 0 radical (unpaired) electrons. The van der Waals surface area contributed by atoms with Crippen LogP contribution in [0.25, 0.3) is 0 Å². The molecule has 0 unspecified atom stereocenters. The summed E-state index contributed by atoms with van der Waals surface area (Å²) in [6, 6.07) is 0. The van der Waals surface area contributed by atoms with Gasteiger partial charge in [0.1, 0.15) is 5.60 Å². The SMILES string of the molecule is CC1(C)O[C@]2(C)CC[C@H]1CC2=O. The third-order valence-electron chi connectivity index (χ3n) is 3.46. The van der Waals surface area contributed by atoms with Gasteiger partial charge in [0.2, 0.25) is 0 Å². The molecule has 3 rings (SSSR count). The molecule has 2 saturated heterocycles. The van der Waals surface area contributed by atoms with E-state index < -0.39 is 5.60 Å². The maximum absolute atomic E-state index is 11.5. The number of Topliss-reactive ketones (excluding diaryl/α,β-unsaturated/α-hetero) is 1. The summed E-state index contributed by atoms with van der Waals surface area (Å²) in [6.45, 7) is 6.13. The normalized spacial score (nSPS) is 44.9. The second kappa shape index (κ2) is 2.11. The molecule has 1 saturated carbocycles. The minimum atomic E-state index is -0.460. The molecule has 3 fully saturated rings. The van der Waals surface area contributed by atoms with Crippen molar-refractivity contribution in [1.29, 1.82) is 0 Å². The van der Waals surface area contributed by atoms with Gasteiger partial charge < -0.3 is 4.74 Å². The van der Waals surface area contributed by atoms with Gasteiger partial charge in [0, 0.05) is 6.42 Å². The predicted molar refractivity (Wildman–Crippen MR) is 45.9 cm³/mol. The van der Waals surface area contributed by atoms with Crippen molar-refractivity contribution in [2.24, 2.45) is 5.92 Å². The van der Waals surface area contributed by atoms with E-state index >= 15 is 0 Å². The minimum absolute atomic E-state index is 0.0824. The van der Waals surface area contributed by atoms with Crippen LogP contribution in [-0.2, 0) is 9.53 Å². The summed E-state index contributed by atoms with van der Waals surface area (Å²) >= 11 is 0. The molecule has 0 N–H and O–H groups in total. The van der Waals surface area contributed by atoms with Gasteiger partial charge in [-0.15, -0.1) is 0 Å². The van der Waals surface area contributed by atoms with Crippen molar-refractivity contribution in [3.05, 3.63) is 0 Å². The van der Waals surface area contributed by atoms with Gasteiger partial charge in [-0.3, -0.25) is 4.79 Å². The highest BCUT2D eigenvalue weighted by atomic mass is 16.5. The van der Waals surface area contributed by atoms with Crippen LogP contribution in [0.4, 0.5) is 0 Å². The lowest BCUT2D eigenvalue weighted by Crippen LogP contribution is -2.59. The van der Waals surface area contributed by atoms with Crippen molar-refractivity contribution >= 4 is 5.78 Å². The highest BCUT2D eigenvalue weighted by Crippen LogP contribution is 2.47. The van der Waals surface area contributed by atoms with Crippen LogP contribution < -0.4 is 0 Å². The van der Waals surface area contributed by atoms with E-state index in [0.717, 1.165) is 19.3 Å². The zero-order chi connectivity index (χ0) is 8.98. The fraction of sp³-hybridized carbons (Fsp3) is 0.900. The summed E-state index contributed by atoms with van der Waals surface area (Å²) in [5.74, 6) is 0.755. The summed E-state index contributed by atoms with van der Waals surface area (Å²) in [7, 11) is 0. The van der Waals surface area contributed by atoms with E-state index in [1.165, 1.54) is 0 Å². The first-order chi connectivity index (χ1) is 5.44. The van der Waals surface area contributed by atoms with Crippen molar-refractivity contribution < 1.29 is 9.53 Å². The van der Waals surface area contributed by atoms with E-state index in [1.54, 1.807) is 0 Å². The van der Waals surface area contributed by atoms with E-state index in [0.29, 0.717) is 11.7 Å². The molecule has 2 bridgehead atoms. The number of hydrogen-bond acceptors (Lipinski definition) is 2. The Kier molecular flexibility index (Phi) is 1.45. The Morgan fingerprint density at radius 3 is 2.42 bits per heavy atom. The van der Waals surface area contributed by atoms with E-state index in [9.17, 15) is 4.79 Å². The lowest BCUT2D eigenvalue weighted by atomic mass is 9.68. The molecule has 3 aliphatic rings. The summed E-state index contributed by atoms with van der Waals surface area (Å²) < 4.78 is 5.82. The first-order valence-electron chi connectivity index (χ1n) is 4.67. The molecule has 0 aromatic heterocycles. The fourth-order valence-corrected chi connectivity index (χ4v) is 2.50. The quantitative estimate of drug-likeness (QED) is 0.552. The van der Waals surface area contributed by atoms with Crippen molar-refractivity contribution in [3.63, 3.8) is 0 Å². The lowest BCUT2D eigenvalue weighted by Gasteiger charge is -2.52. The molecule has 2 nitrogen and oxygen atoms in total. The van der Waals surface area contributed by atoms with Crippen LogP contribution in [0.15, 0.2) is 0 Å². The molecule has 2 atom stereocenters. The fourth-order valence-electron chi connectivity index (χ4n) is 2.50. The van der Waals surface area contributed by atoms with Crippen LogP contribution in [0, 0.1) is 5.92 Å². The van der Waals surface area contributed by atoms with Crippen LogP contribution in [0.5, 0.6) is 0 Å². The lowest BCUT2D eigenvalue weighted by molar-refractivity contribution is -0.220. The Morgan fingerprint density at radius 2 is 2.08 bits per heavy atom. The summed E-state index contributed by atoms with van der Waals surface area (Å²) in [5, 5.41) is 0. The number of carbonyl (C=O) groups excluding carboxylic acids is 1. The summed E-state index contributed by atoms with van der Waals surface area (Å²) in [6.07, 6.45) is 2.79. The summed E-state index contributed by atoms with van der Waals surface area (Å²) in [4.78, 5) is 11.5. The van der Waals surface area contributed by atoms with Crippen molar-refractivity contribution in [2.45, 2.75) is 51.2 Å². The number of ketones is 1. The molecule has 1 aliphatic carbocycles. The topological polar surface area (TPSA) is 26.3 Å². The van der Waals surface area contributed by atoms with Crippen LogP contribution in [0.1, 0.15) is 40.0 Å². The van der Waals surface area contributed by atoms with E-state index in [1.807, 2.05) is 6.92 Å². The third kappa shape index (κ3) is 0.939. The standard InChI is InChI=1S/C10H16O2/c1-9(2)7-4-5-10(3,12-9)8(11)6-7/h7H,4-6H2,1-3H3/t7-,10+/m0/s1. The number of fused-ring (bicyclic) bond motifs is 3. The van der Waals surface area contributed by atoms with Gasteiger partial charge in [-0.05, 0) is 39.5 Å². The molecule has 0 spiro atoms. The van der Waals surface area contributed by atoms with E-state index in [4.69, 9.17) is 4.74 Å². The molecule has 0 aromatic rings. The van der Waals surface area contributed by atoms with Gasteiger partial charge in [0.05, 0.1) is 5.60 Å². The van der Waals surface area contributed by atoms with Gasteiger partial charge >= 0.3 is 0 Å². The Bertz CT molecular complexity index is 232.